The molecule has 3 aromatic carbocycles. The Morgan fingerprint density at radius 3 is 2.48 bits per heavy atom. The van der Waals surface area contributed by atoms with E-state index in [1.165, 1.54) is 0 Å². The first-order chi connectivity index (χ1) is 12.2. The molecule has 0 aliphatic heterocycles. The summed E-state index contributed by atoms with van der Waals surface area (Å²) in [6, 6.07) is 21.3. The van der Waals surface area contributed by atoms with Crippen LogP contribution in [-0.2, 0) is 0 Å². The summed E-state index contributed by atoms with van der Waals surface area (Å²) >= 11 is 3.44. The zero-order valence-corrected chi connectivity index (χ0v) is 14.5. The number of furan rings is 1. The van der Waals surface area contributed by atoms with Crippen LogP contribution in [0.3, 0.4) is 0 Å². The molecule has 0 unspecified atom stereocenters. The highest BCUT2D eigenvalue weighted by Crippen LogP contribution is 2.32. The second-order valence-corrected chi connectivity index (χ2v) is 6.85. The van der Waals surface area contributed by atoms with E-state index in [4.69, 9.17) is 8.83 Å². The SMILES string of the molecule is O=c1oc2ccc(Br)cc2cc1-c1cc2c(ccc3ccccc32)o1. The molecule has 0 bridgehead atoms. The van der Waals surface area contributed by atoms with E-state index in [0.29, 0.717) is 16.9 Å². The molecule has 25 heavy (non-hydrogen) atoms. The summed E-state index contributed by atoms with van der Waals surface area (Å²) in [4.78, 5) is 12.4. The van der Waals surface area contributed by atoms with Crippen molar-refractivity contribution in [1.29, 1.82) is 0 Å². The van der Waals surface area contributed by atoms with Crippen LogP contribution in [0.2, 0.25) is 0 Å². The maximum Gasteiger partial charge on any atom is 0.347 e. The Hall–Kier alpha value is -2.85. The fraction of sp³-hybridized carbons (Fsp3) is 0. The van der Waals surface area contributed by atoms with Crippen molar-refractivity contribution in [3.8, 4) is 11.3 Å². The highest BCUT2D eigenvalue weighted by molar-refractivity contribution is 9.10. The summed E-state index contributed by atoms with van der Waals surface area (Å²) in [7, 11) is 0. The first-order valence-corrected chi connectivity index (χ1v) is 8.63. The normalized spacial score (nSPS) is 11.6. The molecule has 0 atom stereocenters. The molecule has 3 nitrogen and oxygen atoms in total. The van der Waals surface area contributed by atoms with Crippen LogP contribution in [0.1, 0.15) is 0 Å². The van der Waals surface area contributed by atoms with Gasteiger partial charge < -0.3 is 8.83 Å². The molecular formula is C21H11BrO3. The van der Waals surface area contributed by atoms with Crippen LogP contribution in [0, 0.1) is 0 Å². The molecule has 120 valence electrons. The van der Waals surface area contributed by atoms with Crippen molar-refractivity contribution < 1.29 is 8.83 Å². The summed E-state index contributed by atoms with van der Waals surface area (Å²) in [5.41, 5.74) is 1.32. The van der Waals surface area contributed by atoms with Crippen molar-refractivity contribution in [2.45, 2.75) is 0 Å². The zero-order valence-electron chi connectivity index (χ0n) is 13.0. The van der Waals surface area contributed by atoms with Crippen LogP contribution in [0.4, 0.5) is 0 Å². The second-order valence-electron chi connectivity index (χ2n) is 5.94. The number of hydrogen-bond acceptors (Lipinski definition) is 3. The highest BCUT2D eigenvalue weighted by Gasteiger charge is 2.14. The Morgan fingerprint density at radius 1 is 0.720 bits per heavy atom. The molecule has 0 aliphatic carbocycles. The van der Waals surface area contributed by atoms with E-state index in [0.717, 1.165) is 31.6 Å². The molecule has 0 saturated heterocycles. The quantitative estimate of drug-likeness (QED) is 0.323. The zero-order chi connectivity index (χ0) is 17.0. The second kappa shape index (κ2) is 5.33. The number of hydrogen-bond donors (Lipinski definition) is 0. The summed E-state index contributed by atoms with van der Waals surface area (Å²) in [5.74, 6) is 0.516. The molecule has 5 aromatic rings. The first-order valence-electron chi connectivity index (χ1n) is 7.84. The summed E-state index contributed by atoms with van der Waals surface area (Å²) < 4.78 is 12.3. The van der Waals surface area contributed by atoms with Crippen LogP contribution >= 0.6 is 15.9 Å². The van der Waals surface area contributed by atoms with Crippen LogP contribution < -0.4 is 5.63 Å². The van der Waals surface area contributed by atoms with Crippen LogP contribution in [0.25, 0.3) is 44.0 Å². The van der Waals surface area contributed by atoms with Gasteiger partial charge in [-0.2, -0.15) is 0 Å². The Kier molecular flexibility index (Phi) is 3.09. The lowest BCUT2D eigenvalue weighted by Crippen LogP contribution is -2.01. The fourth-order valence-electron chi connectivity index (χ4n) is 3.19. The van der Waals surface area contributed by atoms with Gasteiger partial charge in [-0.3, -0.25) is 0 Å². The van der Waals surface area contributed by atoms with E-state index < -0.39 is 5.63 Å². The molecule has 0 fully saturated rings. The van der Waals surface area contributed by atoms with Crippen LogP contribution in [0.15, 0.2) is 84.8 Å². The Labute approximate surface area is 150 Å². The van der Waals surface area contributed by atoms with E-state index in [-0.39, 0.29) is 0 Å². The molecule has 0 aliphatic rings. The Morgan fingerprint density at radius 2 is 1.56 bits per heavy atom. The largest absolute Gasteiger partial charge is 0.456 e. The van der Waals surface area contributed by atoms with Gasteiger partial charge in [-0.15, -0.1) is 0 Å². The topological polar surface area (TPSA) is 43.4 Å². The van der Waals surface area contributed by atoms with Gasteiger partial charge >= 0.3 is 5.63 Å². The highest BCUT2D eigenvalue weighted by atomic mass is 79.9. The summed E-state index contributed by atoms with van der Waals surface area (Å²) in [6.45, 7) is 0. The third kappa shape index (κ3) is 2.29. The number of halogens is 1. The number of fused-ring (bicyclic) bond motifs is 4. The predicted octanol–water partition coefficient (Wildman–Crippen LogP) is 6.12. The molecule has 2 aromatic heterocycles. The molecule has 0 spiro atoms. The van der Waals surface area contributed by atoms with Crippen LogP contribution in [-0.4, -0.2) is 0 Å². The molecule has 5 rings (SSSR count). The third-order valence-corrected chi connectivity index (χ3v) is 4.88. The van der Waals surface area contributed by atoms with Crippen molar-refractivity contribution in [3.63, 3.8) is 0 Å². The van der Waals surface area contributed by atoms with E-state index in [9.17, 15) is 4.79 Å². The van der Waals surface area contributed by atoms with Crippen molar-refractivity contribution in [2.75, 3.05) is 0 Å². The minimum Gasteiger partial charge on any atom is -0.456 e. The van der Waals surface area contributed by atoms with Crippen molar-refractivity contribution >= 4 is 48.6 Å². The van der Waals surface area contributed by atoms with Crippen molar-refractivity contribution in [3.05, 3.63) is 81.6 Å². The summed E-state index contributed by atoms with van der Waals surface area (Å²) in [5, 5.41) is 4.07. The summed E-state index contributed by atoms with van der Waals surface area (Å²) in [6.07, 6.45) is 0. The molecular weight excluding hydrogens is 380 g/mol. The van der Waals surface area contributed by atoms with Gasteiger partial charge in [0.1, 0.15) is 22.5 Å². The van der Waals surface area contributed by atoms with Gasteiger partial charge in [0, 0.05) is 15.2 Å². The molecule has 0 saturated carbocycles. The lowest BCUT2D eigenvalue weighted by molar-refractivity contribution is 0.555. The average Bonchev–Trinajstić information content (AvgIpc) is 3.06. The van der Waals surface area contributed by atoms with Crippen molar-refractivity contribution in [2.24, 2.45) is 0 Å². The van der Waals surface area contributed by atoms with Gasteiger partial charge in [0.2, 0.25) is 0 Å². The monoisotopic (exact) mass is 390 g/mol. The fourth-order valence-corrected chi connectivity index (χ4v) is 3.57. The van der Waals surface area contributed by atoms with Gasteiger partial charge in [-0.05, 0) is 47.2 Å². The van der Waals surface area contributed by atoms with Gasteiger partial charge in [-0.25, -0.2) is 4.79 Å². The van der Waals surface area contributed by atoms with Crippen molar-refractivity contribution in [1.82, 2.24) is 0 Å². The first kappa shape index (κ1) is 14.5. The van der Waals surface area contributed by atoms with Gasteiger partial charge in [0.05, 0.1) is 0 Å². The smallest absolute Gasteiger partial charge is 0.347 e. The van der Waals surface area contributed by atoms with E-state index in [1.54, 1.807) is 6.07 Å². The minimum absolute atomic E-state index is 0.404. The third-order valence-electron chi connectivity index (χ3n) is 4.39. The number of rotatable bonds is 1. The predicted molar refractivity (Wildman–Crippen MR) is 103 cm³/mol. The maximum atomic E-state index is 12.4. The number of benzene rings is 3. The molecule has 0 radical (unpaired) electrons. The van der Waals surface area contributed by atoms with E-state index in [2.05, 4.69) is 28.1 Å². The van der Waals surface area contributed by atoms with Crippen LogP contribution in [0.5, 0.6) is 0 Å². The Bertz CT molecular complexity index is 1330. The minimum atomic E-state index is -0.404. The molecule has 0 amide bonds. The Balaban J connectivity index is 1.80. The molecule has 2 heterocycles. The lowest BCUT2D eigenvalue weighted by atomic mass is 10.1. The van der Waals surface area contributed by atoms with Gasteiger partial charge in [0.15, 0.2) is 0 Å². The lowest BCUT2D eigenvalue weighted by Gasteiger charge is -2.00. The van der Waals surface area contributed by atoms with E-state index in [1.807, 2.05) is 48.5 Å². The molecule has 0 N–H and O–H groups in total. The van der Waals surface area contributed by atoms with E-state index >= 15 is 0 Å². The van der Waals surface area contributed by atoms with Gasteiger partial charge in [0.25, 0.3) is 0 Å². The average molecular weight is 391 g/mol. The standard InChI is InChI=1S/C21H11BrO3/c22-14-6-8-18-13(9-14)10-17(21(23)25-18)20-11-16-15-4-2-1-3-12(15)5-7-19(16)24-20/h1-11H. The maximum absolute atomic E-state index is 12.4. The molecule has 4 heteroatoms. The van der Waals surface area contributed by atoms with Gasteiger partial charge in [-0.1, -0.05) is 46.3 Å².